The first-order valence-electron chi connectivity index (χ1n) is 3.44. The van der Waals surface area contributed by atoms with E-state index in [4.69, 9.17) is 23.2 Å². The molecule has 0 saturated heterocycles. The lowest BCUT2D eigenvalue weighted by molar-refractivity contribution is -0.113. The van der Waals surface area contributed by atoms with E-state index >= 15 is 0 Å². The fraction of sp³-hybridized carbons (Fsp3) is 0.125. The van der Waals surface area contributed by atoms with Crippen molar-refractivity contribution in [1.29, 1.82) is 0 Å². The number of carbonyl (C=O) groups is 1. The Morgan fingerprint density at radius 2 is 2.23 bits per heavy atom. The van der Waals surface area contributed by atoms with Crippen LogP contribution in [-0.2, 0) is 4.79 Å². The van der Waals surface area contributed by atoms with Crippen LogP contribution in [0.3, 0.4) is 0 Å². The van der Waals surface area contributed by atoms with Crippen molar-refractivity contribution in [3.8, 4) is 0 Å². The molecule has 0 aliphatic heterocycles. The van der Waals surface area contributed by atoms with Gasteiger partial charge in [-0.3, -0.25) is 4.79 Å². The third-order valence-corrected chi connectivity index (χ3v) is 2.46. The van der Waals surface area contributed by atoms with Crippen LogP contribution in [0.25, 0.3) is 0 Å². The third-order valence-electron chi connectivity index (χ3n) is 1.33. The Kier molecular flexibility index (Phi) is 4.03. The molecular weight excluding hydrogens is 277 g/mol. The summed E-state index contributed by atoms with van der Waals surface area (Å²) in [6.45, 7) is 0. The molecule has 0 unspecified atom stereocenters. The third kappa shape index (κ3) is 3.18. The second-order valence-electron chi connectivity index (χ2n) is 2.31. The minimum atomic E-state index is -0.246. The van der Waals surface area contributed by atoms with Crippen LogP contribution in [0.5, 0.6) is 0 Å². The van der Waals surface area contributed by atoms with Gasteiger partial charge in [-0.1, -0.05) is 11.6 Å². The fourth-order valence-corrected chi connectivity index (χ4v) is 1.62. The molecule has 70 valence electrons. The number of halogens is 3. The maximum Gasteiger partial charge on any atom is 0.239 e. The van der Waals surface area contributed by atoms with E-state index in [0.29, 0.717) is 10.7 Å². The number of nitrogens with one attached hydrogen (secondary N) is 1. The van der Waals surface area contributed by atoms with Crippen molar-refractivity contribution in [3.05, 3.63) is 27.7 Å². The van der Waals surface area contributed by atoms with Crippen molar-refractivity contribution >= 4 is 50.7 Å². The van der Waals surface area contributed by atoms with Crippen LogP contribution in [0.2, 0.25) is 5.02 Å². The van der Waals surface area contributed by atoms with Crippen molar-refractivity contribution in [3.63, 3.8) is 0 Å². The summed E-state index contributed by atoms with van der Waals surface area (Å²) in [5, 5.41) is 3.22. The van der Waals surface area contributed by atoms with Crippen LogP contribution in [0, 0.1) is 0 Å². The second kappa shape index (κ2) is 4.84. The van der Waals surface area contributed by atoms with E-state index < -0.39 is 0 Å². The summed E-state index contributed by atoms with van der Waals surface area (Å²) in [6.07, 6.45) is 0. The Balaban J connectivity index is 2.83. The summed E-state index contributed by atoms with van der Waals surface area (Å²) in [4.78, 5) is 10.9. The van der Waals surface area contributed by atoms with Gasteiger partial charge >= 0.3 is 0 Å². The van der Waals surface area contributed by atoms with Gasteiger partial charge in [-0.05, 0) is 34.1 Å². The molecule has 0 aromatic heterocycles. The van der Waals surface area contributed by atoms with E-state index in [1.54, 1.807) is 18.2 Å². The molecule has 1 aromatic rings. The first-order valence-corrected chi connectivity index (χ1v) is 5.15. The Bertz CT molecular complexity index is 330. The van der Waals surface area contributed by atoms with Gasteiger partial charge in [-0.25, -0.2) is 0 Å². The van der Waals surface area contributed by atoms with Crippen molar-refractivity contribution in [2.75, 3.05) is 11.2 Å². The molecule has 0 atom stereocenters. The molecule has 13 heavy (non-hydrogen) atoms. The average Bonchev–Trinajstić information content (AvgIpc) is 2.09. The molecule has 0 heterocycles. The highest BCUT2D eigenvalue weighted by Crippen LogP contribution is 2.25. The molecule has 2 nitrogen and oxygen atoms in total. The van der Waals surface area contributed by atoms with E-state index in [0.717, 1.165) is 4.47 Å². The highest BCUT2D eigenvalue weighted by Gasteiger charge is 2.03. The van der Waals surface area contributed by atoms with Gasteiger partial charge in [-0.2, -0.15) is 0 Å². The molecule has 0 aliphatic rings. The molecular formula is C8H6BrCl2NO. The summed E-state index contributed by atoms with van der Waals surface area (Å²) in [6, 6.07) is 5.10. The van der Waals surface area contributed by atoms with E-state index in [-0.39, 0.29) is 11.8 Å². The predicted octanol–water partition coefficient (Wildman–Crippen LogP) is 3.28. The molecule has 1 N–H and O–H groups in total. The van der Waals surface area contributed by atoms with Crippen LogP contribution in [0.4, 0.5) is 5.69 Å². The van der Waals surface area contributed by atoms with Gasteiger partial charge in [0.1, 0.15) is 5.88 Å². The minimum Gasteiger partial charge on any atom is -0.324 e. The average molecular weight is 283 g/mol. The summed E-state index contributed by atoms with van der Waals surface area (Å²) in [5.74, 6) is -0.306. The summed E-state index contributed by atoms with van der Waals surface area (Å²) in [5.41, 5.74) is 0.662. The number of hydrogen-bond donors (Lipinski definition) is 1. The number of rotatable bonds is 2. The minimum absolute atomic E-state index is 0.0604. The molecule has 0 aliphatic carbocycles. The second-order valence-corrected chi connectivity index (χ2v) is 3.86. The number of carbonyl (C=O) groups excluding carboxylic acids is 1. The first kappa shape index (κ1) is 10.8. The van der Waals surface area contributed by atoms with Crippen LogP contribution < -0.4 is 5.32 Å². The highest BCUT2D eigenvalue weighted by molar-refractivity contribution is 9.10. The van der Waals surface area contributed by atoms with Crippen molar-refractivity contribution in [2.45, 2.75) is 0 Å². The number of amides is 1. The van der Waals surface area contributed by atoms with Crippen LogP contribution in [0.1, 0.15) is 0 Å². The van der Waals surface area contributed by atoms with E-state index in [1.165, 1.54) is 0 Å². The Morgan fingerprint density at radius 3 is 2.77 bits per heavy atom. The zero-order chi connectivity index (χ0) is 9.84. The van der Waals surface area contributed by atoms with Gasteiger partial charge in [0.25, 0.3) is 0 Å². The van der Waals surface area contributed by atoms with E-state index in [9.17, 15) is 4.79 Å². The maximum atomic E-state index is 10.9. The molecule has 1 aromatic carbocycles. The molecule has 0 fully saturated rings. The number of benzene rings is 1. The molecule has 0 bridgehead atoms. The zero-order valence-electron chi connectivity index (χ0n) is 6.48. The summed E-state index contributed by atoms with van der Waals surface area (Å²) < 4.78 is 0.735. The molecule has 1 amide bonds. The standard InChI is InChI=1S/C8H6BrCl2NO/c9-6-3-5(11)1-2-7(6)12-8(13)4-10/h1-3H,4H2,(H,12,13). The molecule has 0 radical (unpaired) electrons. The molecule has 5 heteroatoms. The summed E-state index contributed by atoms with van der Waals surface area (Å²) in [7, 11) is 0. The van der Waals surface area contributed by atoms with Gasteiger partial charge in [-0.15, -0.1) is 11.6 Å². The lowest BCUT2D eigenvalue weighted by atomic mass is 10.3. The first-order chi connectivity index (χ1) is 6.13. The molecule has 0 spiro atoms. The van der Waals surface area contributed by atoms with Gasteiger partial charge in [0.15, 0.2) is 0 Å². The molecule has 0 saturated carbocycles. The quantitative estimate of drug-likeness (QED) is 0.829. The topological polar surface area (TPSA) is 29.1 Å². The lowest BCUT2D eigenvalue weighted by Crippen LogP contribution is -2.12. The number of anilines is 1. The van der Waals surface area contributed by atoms with Gasteiger partial charge in [0.2, 0.25) is 5.91 Å². The van der Waals surface area contributed by atoms with E-state index in [2.05, 4.69) is 21.2 Å². The summed E-state index contributed by atoms with van der Waals surface area (Å²) >= 11 is 14.3. The van der Waals surface area contributed by atoms with E-state index in [1.807, 2.05) is 0 Å². The highest BCUT2D eigenvalue weighted by atomic mass is 79.9. The SMILES string of the molecule is O=C(CCl)Nc1ccc(Cl)cc1Br. The predicted molar refractivity (Wildman–Crippen MR) is 58.5 cm³/mol. The van der Waals surface area contributed by atoms with Gasteiger partial charge in [0.05, 0.1) is 5.69 Å². The van der Waals surface area contributed by atoms with Crippen LogP contribution >= 0.6 is 39.1 Å². The van der Waals surface area contributed by atoms with Crippen molar-refractivity contribution in [2.24, 2.45) is 0 Å². The van der Waals surface area contributed by atoms with Crippen LogP contribution in [-0.4, -0.2) is 11.8 Å². The van der Waals surface area contributed by atoms with Crippen LogP contribution in [0.15, 0.2) is 22.7 Å². The maximum absolute atomic E-state index is 10.9. The number of hydrogen-bond acceptors (Lipinski definition) is 1. The largest absolute Gasteiger partial charge is 0.324 e. The fourth-order valence-electron chi connectivity index (χ4n) is 0.774. The van der Waals surface area contributed by atoms with Crippen molar-refractivity contribution in [1.82, 2.24) is 0 Å². The normalized spacial score (nSPS) is 9.77. The van der Waals surface area contributed by atoms with Crippen molar-refractivity contribution < 1.29 is 4.79 Å². The Morgan fingerprint density at radius 1 is 1.54 bits per heavy atom. The Hall–Kier alpha value is -0.250. The van der Waals surface area contributed by atoms with Gasteiger partial charge in [0, 0.05) is 9.50 Å². The smallest absolute Gasteiger partial charge is 0.239 e. The molecule has 1 rings (SSSR count). The van der Waals surface area contributed by atoms with Gasteiger partial charge < -0.3 is 5.32 Å². The zero-order valence-corrected chi connectivity index (χ0v) is 9.58. The Labute approximate surface area is 94.3 Å². The number of alkyl halides is 1. The lowest BCUT2D eigenvalue weighted by Gasteiger charge is -2.05. The monoisotopic (exact) mass is 281 g/mol.